The fourth-order valence-electron chi connectivity index (χ4n) is 1.45. The van der Waals surface area contributed by atoms with Gasteiger partial charge in [-0.2, -0.15) is 0 Å². The molecule has 16 heavy (non-hydrogen) atoms. The lowest BCUT2D eigenvalue weighted by molar-refractivity contribution is 0.102. The van der Waals surface area contributed by atoms with Crippen molar-refractivity contribution in [3.63, 3.8) is 0 Å². The Morgan fingerprint density at radius 2 is 2.06 bits per heavy atom. The highest BCUT2D eigenvalue weighted by atomic mass is 16.5. The Kier molecular flexibility index (Phi) is 2.48. The molecule has 2 aromatic rings. The van der Waals surface area contributed by atoms with E-state index < -0.39 is 0 Å². The molecule has 0 atom stereocenters. The molecule has 0 radical (unpaired) electrons. The third-order valence-electron chi connectivity index (χ3n) is 2.26. The Labute approximate surface area is 92.5 Å². The molecule has 0 fully saturated rings. The van der Waals surface area contributed by atoms with Gasteiger partial charge in [-0.25, -0.2) is 0 Å². The Hall–Kier alpha value is -2.10. The van der Waals surface area contributed by atoms with Crippen molar-refractivity contribution in [1.82, 2.24) is 5.16 Å². The van der Waals surface area contributed by atoms with E-state index in [1.807, 2.05) is 6.92 Å². The maximum absolute atomic E-state index is 11.9. The fourth-order valence-corrected chi connectivity index (χ4v) is 1.45. The minimum atomic E-state index is -0.339. The summed E-state index contributed by atoms with van der Waals surface area (Å²) >= 11 is 0. The Balaban J connectivity index is 2.41. The summed E-state index contributed by atoms with van der Waals surface area (Å²) in [6.07, 6.45) is 0. The second kappa shape index (κ2) is 3.81. The summed E-state index contributed by atoms with van der Waals surface area (Å²) in [4.78, 5) is 11.9. The van der Waals surface area contributed by atoms with E-state index >= 15 is 0 Å². The topological polar surface area (TPSA) is 63.3 Å². The van der Waals surface area contributed by atoms with Crippen molar-refractivity contribution >= 4 is 5.78 Å². The van der Waals surface area contributed by atoms with Crippen LogP contribution in [0.2, 0.25) is 0 Å². The predicted octanol–water partition coefficient (Wildman–Crippen LogP) is 2.23. The van der Waals surface area contributed by atoms with Gasteiger partial charge in [0.2, 0.25) is 5.78 Å². The lowest BCUT2D eigenvalue weighted by Crippen LogP contribution is -2.01. The van der Waals surface area contributed by atoms with Crippen molar-refractivity contribution in [3.8, 4) is 5.75 Å². The number of phenolic OH excluding ortho intramolecular Hbond substituents is 1. The first-order valence-electron chi connectivity index (χ1n) is 4.85. The van der Waals surface area contributed by atoms with Gasteiger partial charge < -0.3 is 9.63 Å². The van der Waals surface area contributed by atoms with E-state index in [4.69, 9.17) is 4.52 Å². The highest BCUT2D eigenvalue weighted by Crippen LogP contribution is 2.21. The largest absolute Gasteiger partial charge is 0.507 e. The van der Waals surface area contributed by atoms with Crippen LogP contribution in [0.25, 0.3) is 0 Å². The molecule has 1 N–H and O–H groups in total. The van der Waals surface area contributed by atoms with E-state index in [0.29, 0.717) is 5.76 Å². The van der Waals surface area contributed by atoms with Crippen molar-refractivity contribution in [3.05, 3.63) is 46.8 Å². The number of aryl methyl sites for hydroxylation is 2. The summed E-state index contributed by atoms with van der Waals surface area (Å²) in [6.45, 7) is 3.55. The van der Waals surface area contributed by atoms with Crippen LogP contribution in [-0.2, 0) is 0 Å². The van der Waals surface area contributed by atoms with Gasteiger partial charge in [0.1, 0.15) is 11.5 Å². The summed E-state index contributed by atoms with van der Waals surface area (Å²) in [5.41, 5.74) is 1.33. The van der Waals surface area contributed by atoms with Gasteiger partial charge in [-0.1, -0.05) is 11.2 Å². The molecule has 1 aromatic heterocycles. The van der Waals surface area contributed by atoms with Crippen LogP contribution >= 0.6 is 0 Å². The molecule has 2 rings (SSSR count). The summed E-state index contributed by atoms with van der Waals surface area (Å²) < 4.78 is 4.82. The zero-order chi connectivity index (χ0) is 11.7. The number of benzene rings is 1. The zero-order valence-electron chi connectivity index (χ0n) is 9.02. The van der Waals surface area contributed by atoms with Gasteiger partial charge in [0.25, 0.3) is 0 Å². The molecule has 0 aliphatic carbocycles. The van der Waals surface area contributed by atoms with Crippen molar-refractivity contribution in [2.24, 2.45) is 0 Å². The van der Waals surface area contributed by atoms with E-state index in [9.17, 15) is 9.90 Å². The Bertz CT molecular complexity index is 543. The number of carbonyl (C=O) groups is 1. The second-order valence-corrected chi connectivity index (χ2v) is 3.67. The quantitative estimate of drug-likeness (QED) is 0.783. The van der Waals surface area contributed by atoms with Crippen LogP contribution in [-0.4, -0.2) is 16.0 Å². The van der Waals surface area contributed by atoms with Crippen LogP contribution < -0.4 is 0 Å². The normalized spacial score (nSPS) is 10.4. The molecule has 0 saturated heterocycles. The fraction of sp³-hybridized carbons (Fsp3) is 0.167. The average Bonchev–Trinajstić information content (AvgIpc) is 2.64. The van der Waals surface area contributed by atoms with Gasteiger partial charge >= 0.3 is 0 Å². The third kappa shape index (κ3) is 1.82. The average molecular weight is 217 g/mol. The van der Waals surface area contributed by atoms with Gasteiger partial charge in [-0.05, 0) is 31.5 Å². The molecule has 0 bridgehead atoms. The van der Waals surface area contributed by atoms with Crippen LogP contribution in [0.4, 0.5) is 0 Å². The molecular weight excluding hydrogens is 206 g/mol. The molecule has 0 spiro atoms. The second-order valence-electron chi connectivity index (χ2n) is 3.67. The minimum absolute atomic E-state index is 0.0364. The van der Waals surface area contributed by atoms with E-state index in [0.717, 1.165) is 5.56 Å². The van der Waals surface area contributed by atoms with Crippen LogP contribution in [0, 0.1) is 13.8 Å². The smallest absolute Gasteiger partial charge is 0.218 e. The van der Waals surface area contributed by atoms with Gasteiger partial charge in [-0.3, -0.25) is 4.79 Å². The summed E-state index contributed by atoms with van der Waals surface area (Å²) in [6, 6.07) is 6.43. The van der Waals surface area contributed by atoms with Crippen LogP contribution in [0.3, 0.4) is 0 Å². The number of aromatic hydroxyl groups is 1. The number of phenols is 1. The summed E-state index contributed by atoms with van der Waals surface area (Å²) in [5, 5.41) is 13.3. The lowest BCUT2D eigenvalue weighted by atomic mass is 10.1. The van der Waals surface area contributed by atoms with Gasteiger partial charge in [-0.15, -0.1) is 0 Å². The molecule has 4 nitrogen and oxygen atoms in total. The zero-order valence-corrected chi connectivity index (χ0v) is 9.02. The third-order valence-corrected chi connectivity index (χ3v) is 2.26. The number of rotatable bonds is 2. The van der Waals surface area contributed by atoms with E-state index in [2.05, 4.69) is 5.16 Å². The Morgan fingerprint density at radius 1 is 1.31 bits per heavy atom. The van der Waals surface area contributed by atoms with Gasteiger partial charge in [0, 0.05) is 6.07 Å². The van der Waals surface area contributed by atoms with E-state index in [-0.39, 0.29) is 22.8 Å². The molecular formula is C12H11NO3. The SMILES string of the molecule is Cc1ccc(C(=O)c2cc(C)on2)c(O)c1. The molecule has 0 saturated carbocycles. The molecule has 0 aliphatic heterocycles. The Morgan fingerprint density at radius 3 is 2.62 bits per heavy atom. The maximum Gasteiger partial charge on any atom is 0.218 e. The molecule has 0 aliphatic rings. The van der Waals surface area contributed by atoms with Crippen molar-refractivity contribution in [2.75, 3.05) is 0 Å². The van der Waals surface area contributed by atoms with E-state index in [1.54, 1.807) is 31.2 Å². The number of ketones is 1. The standard InChI is InChI=1S/C12H11NO3/c1-7-3-4-9(11(14)5-7)12(15)10-6-8(2)16-13-10/h3-6,14H,1-2H3. The highest BCUT2D eigenvalue weighted by Gasteiger charge is 2.16. The first kappa shape index (κ1) is 10.4. The van der Waals surface area contributed by atoms with Crippen molar-refractivity contribution < 1.29 is 14.4 Å². The van der Waals surface area contributed by atoms with Gasteiger partial charge in [0.15, 0.2) is 5.69 Å². The lowest BCUT2D eigenvalue weighted by Gasteiger charge is -2.01. The van der Waals surface area contributed by atoms with Crippen molar-refractivity contribution in [1.29, 1.82) is 0 Å². The number of nitrogens with zero attached hydrogens (tertiary/aromatic N) is 1. The minimum Gasteiger partial charge on any atom is -0.507 e. The van der Waals surface area contributed by atoms with Crippen LogP contribution in [0.1, 0.15) is 27.4 Å². The van der Waals surface area contributed by atoms with Crippen molar-refractivity contribution in [2.45, 2.75) is 13.8 Å². The molecule has 0 unspecified atom stereocenters. The van der Waals surface area contributed by atoms with Gasteiger partial charge in [0.05, 0.1) is 5.56 Å². The van der Waals surface area contributed by atoms with E-state index in [1.165, 1.54) is 0 Å². The number of hydrogen-bond donors (Lipinski definition) is 1. The first-order valence-corrected chi connectivity index (χ1v) is 4.85. The predicted molar refractivity (Wildman–Crippen MR) is 57.5 cm³/mol. The van der Waals surface area contributed by atoms with Crippen LogP contribution in [0.5, 0.6) is 5.75 Å². The maximum atomic E-state index is 11.9. The number of aromatic nitrogens is 1. The number of carbonyl (C=O) groups excluding carboxylic acids is 1. The highest BCUT2D eigenvalue weighted by molar-refractivity contribution is 6.09. The molecule has 4 heteroatoms. The molecule has 1 aromatic carbocycles. The summed E-state index contributed by atoms with van der Waals surface area (Å²) in [5.74, 6) is 0.190. The molecule has 82 valence electrons. The molecule has 0 amide bonds. The number of hydrogen-bond acceptors (Lipinski definition) is 4. The molecule has 1 heterocycles. The summed E-state index contributed by atoms with van der Waals surface area (Å²) in [7, 11) is 0. The monoisotopic (exact) mass is 217 g/mol. The van der Waals surface area contributed by atoms with Crippen LogP contribution in [0.15, 0.2) is 28.8 Å². The first-order chi connectivity index (χ1) is 7.58.